The molecule has 6 nitrogen and oxygen atoms in total. The van der Waals surface area contributed by atoms with Crippen LogP contribution in [0.3, 0.4) is 0 Å². The number of aromatic nitrogens is 2. The number of nitrogens with zero attached hydrogens (tertiary/aromatic N) is 2. The Hall–Kier alpha value is -3.35. The van der Waals surface area contributed by atoms with Gasteiger partial charge >= 0.3 is 6.03 Å². The lowest BCUT2D eigenvalue weighted by molar-refractivity contribution is 0.262. The van der Waals surface area contributed by atoms with Crippen molar-refractivity contribution < 1.29 is 9.18 Å². The quantitative estimate of drug-likeness (QED) is 0.755. The Morgan fingerprint density at radius 3 is 2.38 bits per heavy atom. The Labute approximate surface area is 149 Å². The molecule has 2 amide bonds. The van der Waals surface area contributed by atoms with Crippen molar-refractivity contribution in [3.05, 3.63) is 76.0 Å². The predicted molar refractivity (Wildman–Crippen MR) is 99.5 cm³/mol. The van der Waals surface area contributed by atoms with Crippen molar-refractivity contribution >= 4 is 17.4 Å². The molecule has 7 heteroatoms. The van der Waals surface area contributed by atoms with Crippen molar-refractivity contribution in [2.45, 2.75) is 13.8 Å². The van der Waals surface area contributed by atoms with Crippen molar-refractivity contribution in [3.8, 4) is 5.69 Å². The number of halogens is 1. The standard InChI is InChI=1S/C19H19FN4O2/c1-12-11-14(9-10-16(12)20)21-19(26)22-17-13(2)23(3)24(18(17)25)15-7-5-4-6-8-15/h4-11H,1-3H3,(H2,21,22,26). The van der Waals surface area contributed by atoms with Crippen LogP contribution in [-0.2, 0) is 7.05 Å². The van der Waals surface area contributed by atoms with Crippen LogP contribution in [0.2, 0.25) is 0 Å². The Morgan fingerprint density at radius 1 is 1.04 bits per heavy atom. The van der Waals surface area contributed by atoms with Gasteiger partial charge in [0.15, 0.2) is 0 Å². The molecular formula is C19H19FN4O2. The van der Waals surface area contributed by atoms with Gasteiger partial charge in [-0.3, -0.25) is 9.48 Å². The van der Waals surface area contributed by atoms with E-state index in [1.165, 1.54) is 22.9 Å². The van der Waals surface area contributed by atoms with E-state index in [2.05, 4.69) is 10.6 Å². The van der Waals surface area contributed by atoms with Gasteiger partial charge in [-0.25, -0.2) is 13.9 Å². The average Bonchev–Trinajstić information content (AvgIpc) is 2.82. The minimum atomic E-state index is -0.568. The molecule has 1 heterocycles. The molecule has 1 aromatic heterocycles. The number of carbonyl (C=O) groups excluding carboxylic acids is 1. The van der Waals surface area contributed by atoms with Gasteiger partial charge in [-0.1, -0.05) is 18.2 Å². The number of anilines is 2. The van der Waals surface area contributed by atoms with Gasteiger partial charge in [0.2, 0.25) is 0 Å². The number of hydrogen-bond acceptors (Lipinski definition) is 2. The lowest BCUT2D eigenvalue weighted by Gasteiger charge is -2.08. The van der Waals surface area contributed by atoms with E-state index in [0.29, 0.717) is 22.6 Å². The summed E-state index contributed by atoms with van der Waals surface area (Å²) in [4.78, 5) is 25.0. The maximum atomic E-state index is 13.3. The second-order valence-corrected chi connectivity index (χ2v) is 5.98. The number of benzene rings is 2. The molecule has 2 N–H and O–H groups in total. The van der Waals surface area contributed by atoms with Crippen molar-refractivity contribution in [1.82, 2.24) is 9.36 Å². The average molecular weight is 354 g/mol. The van der Waals surface area contributed by atoms with Crippen LogP contribution < -0.4 is 16.2 Å². The summed E-state index contributed by atoms with van der Waals surface area (Å²) >= 11 is 0. The second-order valence-electron chi connectivity index (χ2n) is 5.98. The van der Waals surface area contributed by atoms with Crippen LogP contribution in [0.1, 0.15) is 11.3 Å². The minimum Gasteiger partial charge on any atom is -0.308 e. The zero-order chi connectivity index (χ0) is 18.8. The molecule has 0 fully saturated rings. The van der Waals surface area contributed by atoms with Crippen molar-refractivity contribution in [2.75, 3.05) is 10.6 Å². The summed E-state index contributed by atoms with van der Waals surface area (Å²) in [5, 5.41) is 5.20. The van der Waals surface area contributed by atoms with Crippen LogP contribution in [-0.4, -0.2) is 15.4 Å². The Balaban J connectivity index is 1.87. The van der Waals surface area contributed by atoms with Crippen molar-refractivity contribution in [1.29, 1.82) is 0 Å². The van der Waals surface area contributed by atoms with Crippen LogP contribution in [0.25, 0.3) is 5.69 Å². The highest BCUT2D eigenvalue weighted by atomic mass is 19.1. The van der Waals surface area contributed by atoms with Crippen LogP contribution in [0.4, 0.5) is 20.6 Å². The first-order valence-corrected chi connectivity index (χ1v) is 8.06. The van der Waals surface area contributed by atoms with E-state index in [0.717, 1.165) is 0 Å². The lowest BCUT2D eigenvalue weighted by atomic mass is 10.2. The summed E-state index contributed by atoms with van der Waals surface area (Å²) in [6, 6.07) is 12.8. The number of amides is 2. The van der Waals surface area contributed by atoms with Crippen LogP contribution in [0, 0.1) is 19.7 Å². The summed E-state index contributed by atoms with van der Waals surface area (Å²) in [7, 11) is 1.75. The number of aryl methyl sites for hydroxylation is 1. The zero-order valence-electron chi connectivity index (χ0n) is 14.7. The van der Waals surface area contributed by atoms with E-state index < -0.39 is 6.03 Å². The highest BCUT2D eigenvalue weighted by molar-refractivity contribution is 6.00. The fourth-order valence-corrected chi connectivity index (χ4v) is 2.71. The Morgan fingerprint density at radius 2 is 1.73 bits per heavy atom. The van der Waals surface area contributed by atoms with Gasteiger partial charge in [0.25, 0.3) is 5.56 Å². The molecule has 0 spiro atoms. The molecule has 134 valence electrons. The molecule has 0 bridgehead atoms. The second kappa shape index (κ2) is 6.87. The van der Waals surface area contributed by atoms with Gasteiger partial charge in [-0.05, 0) is 49.7 Å². The number of carbonyl (C=O) groups is 1. The molecule has 0 saturated heterocycles. The van der Waals surface area contributed by atoms with Gasteiger partial charge in [0, 0.05) is 12.7 Å². The zero-order valence-corrected chi connectivity index (χ0v) is 14.7. The molecule has 3 aromatic rings. The summed E-state index contributed by atoms with van der Waals surface area (Å²) in [6.45, 7) is 3.36. The summed E-state index contributed by atoms with van der Waals surface area (Å²) < 4.78 is 16.5. The van der Waals surface area contributed by atoms with E-state index in [4.69, 9.17) is 0 Å². The molecule has 0 radical (unpaired) electrons. The SMILES string of the molecule is Cc1cc(NC(=O)Nc2c(C)n(C)n(-c3ccccc3)c2=O)ccc1F. The summed E-state index contributed by atoms with van der Waals surface area (Å²) in [6.07, 6.45) is 0. The number of para-hydroxylation sites is 1. The van der Waals surface area contributed by atoms with Gasteiger partial charge < -0.3 is 10.6 Å². The molecular weight excluding hydrogens is 335 g/mol. The fraction of sp³-hybridized carbons (Fsp3) is 0.158. The lowest BCUT2D eigenvalue weighted by Crippen LogP contribution is -2.25. The monoisotopic (exact) mass is 354 g/mol. The first-order chi connectivity index (χ1) is 12.4. The molecule has 26 heavy (non-hydrogen) atoms. The highest BCUT2D eigenvalue weighted by Gasteiger charge is 2.18. The van der Waals surface area contributed by atoms with E-state index in [-0.39, 0.29) is 17.1 Å². The maximum Gasteiger partial charge on any atom is 0.323 e. The molecule has 0 aliphatic heterocycles. The van der Waals surface area contributed by atoms with Crippen LogP contribution >= 0.6 is 0 Å². The van der Waals surface area contributed by atoms with Gasteiger partial charge in [0.05, 0.1) is 11.4 Å². The molecule has 0 atom stereocenters. The molecule has 0 aliphatic carbocycles. The van der Waals surface area contributed by atoms with Gasteiger partial charge in [-0.15, -0.1) is 0 Å². The van der Waals surface area contributed by atoms with E-state index in [9.17, 15) is 14.0 Å². The Bertz CT molecular complexity index is 1020. The fourth-order valence-electron chi connectivity index (χ4n) is 2.71. The minimum absolute atomic E-state index is 0.188. The third-order valence-corrected chi connectivity index (χ3v) is 4.21. The van der Waals surface area contributed by atoms with E-state index in [1.54, 1.807) is 25.6 Å². The van der Waals surface area contributed by atoms with Gasteiger partial charge in [0.1, 0.15) is 11.5 Å². The molecule has 0 unspecified atom stereocenters. The van der Waals surface area contributed by atoms with E-state index in [1.807, 2.05) is 30.3 Å². The van der Waals surface area contributed by atoms with E-state index >= 15 is 0 Å². The van der Waals surface area contributed by atoms with Crippen LogP contribution in [0.5, 0.6) is 0 Å². The Kier molecular flexibility index (Phi) is 4.62. The number of rotatable bonds is 3. The van der Waals surface area contributed by atoms with Crippen molar-refractivity contribution in [2.24, 2.45) is 7.05 Å². The maximum absolute atomic E-state index is 13.3. The largest absolute Gasteiger partial charge is 0.323 e. The number of hydrogen-bond donors (Lipinski definition) is 2. The highest BCUT2D eigenvalue weighted by Crippen LogP contribution is 2.16. The number of nitrogens with one attached hydrogen (secondary N) is 2. The molecule has 3 rings (SSSR count). The number of urea groups is 1. The van der Waals surface area contributed by atoms with Crippen molar-refractivity contribution in [3.63, 3.8) is 0 Å². The van der Waals surface area contributed by atoms with Gasteiger partial charge in [-0.2, -0.15) is 0 Å². The third-order valence-electron chi connectivity index (χ3n) is 4.21. The molecule has 2 aromatic carbocycles. The smallest absolute Gasteiger partial charge is 0.308 e. The topological polar surface area (TPSA) is 68.1 Å². The predicted octanol–water partition coefficient (Wildman–Crippen LogP) is 3.58. The third kappa shape index (κ3) is 3.23. The normalized spacial score (nSPS) is 10.6. The first-order valence-electron chi connectivity index (χ1n) is 8.06. The first kappa shape index (κ1) is 17.5. The summed E-state index contributed by atoms with van der Waals surface area (Å²) in [5.41, 5.74) is 2.04. The van der Waals surface area contributed by atoms with Crippen LogP contribution in [0.15, 0.2) is 53.3 Å². The molecule has 0 aliphatic rings. The summed E-state index contributed by atoms with van der Waals surface area (Å²) in [5.74, 6) is -0.347. The molecule has 0 saturated carbocycles.